The molecule has 0 aliphatic heterocycles. The minimum Gasteiger partial charge on any atom is -0.481 e. The quantitative estimate of drug-likeness (QED) is 0.759. The van der Waals surface area contributed by atoms with Gasteiger partial charge in [0.25, 0.3) is 0 Å². The number of aromatic nitrogens is 2. The maximum atomic E-state index is 13.4. The molecule has 0 aliphatic rings. The Morgan fingerprint density at radius 1 is 1.60 bits per heavy atom. The lowest BCUT2D eigenvalue weighted by atomic mass is 10.3. The molecule has 2 heterocycles. The number of nitrogens with zero attached hydrogens (tertiary/aromatic N) is 2. The number of hydrogen-bond donors (Lipinski definition) is 1. The second-order valence-corrected chi connectivity index (χ2v) is 3.25. The average molecular weight is 208 g/mol. The summed E-state index contributed by atoms with van der Waals surface area (Å²) >= 11 is 0. The van der Waals surface area contributed by atoms with Gasteiger partial charge in [-0.05, 0) is 19.1 Å². The van der Waals surface area contributed by atoms with Crippen molar-refractivity contribution in [2.45, 2.75) is 13.3 Å². The average Bonchev–Trinajstić information content (AvgIpc) is 2.44. The van der Waals surface area contributed by atoms with Gasteiger partial charge in [0.1, 0.15) is 12.2 Å². The molecule has 1 N–H and O–H groups in total. The highest BCUT2D eigenvalue weighted by Crippen LogP contribution is 2.14. The summed E-state index contributed by atoms with van der Waals surface area (Å²) in [6.45, 7) is 1.72. The minimum absolute atomic E-state index is 0.216. The van der Waals surface area contributed by atoms with E-state index in [2.05, 4.69) is 4.98 Å². The van der Waals surface area contributed by atoms with Crippen LogP contribution in [0.1, 0.15) is 11.5 Å². The molecule has 0 fully saturated rings. The largest absolute Gasteiger partial charge is 0.481 e. The van der Waals surface area contributed by atoms with Crippen LogP contribution in [0.4, 0.5) is 4.39 Å². The summed E-state index contributed by atoms with van der Waals surface area (Å²) in [4.78, 5) is 14.6. The highest BCUT2D eigenvalue weighted by Gasteiger charge is 2.13. The van der Waals surface area contributed by atoms with Crippen molar-refractivity contribution < 1.29 is 14.3 Å². The Bertz CT molecular complexity index is 533. The third kappa shape index (κ3) is 1.56. The highest BCUT2D eigenvalue weighted by molar-refractivity contribution is 5.70. The van der Waals surface area contributed by atoms with E-state index < -0.39 is 11.9 Å². The molecule has 0 unspecified atom stereocenters. The molecule has 2 rings (SSSR count). The molecule has 78 valence electrons. The number of aryl methyl sites for hydroxylation is 1. The third-order valence-corrected chi connectivity index (χ3v) is 2.18. The van der Waals surface area contributed by atoms with Gasteiger partial charge in [-0.2, -0.15) is 4.39 Å². The normalized spacial score (nSPS) is 10.8. The van der Waals surface area contributed by atoms with Crippen molar-refractivity contribution in [3.05, 3.63) is 35.7 Å². The Hall–Kier alpha value is -1.91. The van der Waals surface area contributed by atoms with E-state index in [-0.39, 0.29) is 12.2 Å². The topological polar surface area (TPSA) is 54.6 Å². The van der Waals surface area contributed by atoms with Crippen LogP contribution < -0.4 is 0 Å². The fraction of sp³-hybridized carbons (Fsp3) is 0.200. The zero-order valence-corrected chi connectivity index (χ0v) is 8.07. The molecule has 0 bridgehead atoms. The van der Waals surface area contributed by atoms with Gasteiger partial charge in [-0.1, -0.05) is 6.07 Å². The molecule has 15 heavy (non-hydrogen) atoms. The van der Waals surface area contributed by atoms with Gasteiger partial charge in [-0.15, -0.1) is 0 Å². The Morgan fingerprint density at radius 2 is 2.33 bits per heavy atom. The van der Waals surface area contributed by atoms with Crippen molar-refractivity contribution >= 4 is 11.5 Å². The van der Waals surface area contributed by atoms with E-state index in [4.69, 9.17) is 5.11 Å². The molecule has 5 heteroatoms. The van der Waals surface area contributed by atoms with Crippen LogP contribution in [0.2, 0.25) is 0 Å². The molecule has 0 aromatic carbocycles. The fourth-order valence-corrected chi connectivity index (χ4v) is 1.58. The number of halogens is 1. The van der Waals surface area contributed by atoms with E-state index in [0.717, 1.165) is 0 Å². The molecule has 0 amide bonds. The van der Waals surface area contributed by atoms with Crippen molar-refractivity contribution in [2.75, 3.05) is 0 Å². The first-order chi connectivity index (χ1) is 7.09. The summed E-state index contributed by atoms with van der Waals surface area (Å²) in [5.74, 6) is -1.30. The molecule has 0 atom stereocenters. The van der Waals surface area contributed by atoms with Crippen LogP contribution >= 0.6 is 0 Å². The lowest BCUT2D eigenvalue weighted by molar-refractivity contribution is -0.136. The molecular weight excluding hydrogens is 199 g/mol. The lowest BCUT2D eigenvalue weighted by Gasteiger charge is -1.99. The van der Waals surface area contributed by atoms with Crippen LogP contribution in [0.15, 0.2) is 18.2 Å². The van der Waals surface area contributed by atoms with Crippen molar-refractivity contribution in [1.82, 2.24) is 9.38 Å². The SMILES string of the molecule is Cc1nc(CC(=O)O)n2c(F)cccc12. The smallest absolute Gasteiger partial charge is 0.311 e. The van der Waals surface area contributed by atoms with Crippen molar-refractivity contribution in [2.24, 2.45) is 0 Å². The van der Waals surface area contributed by atoms with E-state index in [1.165, 1.54) is 10.5 Å². The molecule has 2 aromatic rings. The van der Waals surface area contributed by atoms with Crippen LogP contribution in [0.3, 0.4) is 0 Å². The van der Waals surface area contributed by atoms with E-state index >= 15 is 0 Å². The van der Waals surface area contributed by atoms with Crippen LogP contribution in [0.5, 0.6) is 0 Å². The van der Waals surface area contributed by atoms with Crippen LogP contribution in [-0.4, -0.2) is 20.5 Å². The van der Waals surface area contributed by atoms with Gasteiger partial charge in [-0.3, -0.25) is 9.20 Å². The summed E-state index contributed by atoms with van der Waals surface area (Å²) in [5.41, 5.74) is 1.23. The fourth-order valence-electron chi connectivity index (χ4n) is 1.58. The van der Waals surface area contributed by atoms with Crippen LogP contribution in [0, 0.1) is 12.9 Å². The number of hydrogen-bond acceptors (Lipinski definition) is 2. The standard InChI is InChI=1S/C10H9FN2O2/c1-6-7-3-2-4-8(11)13(7)9(12-6)5-10(14)15/h2-4H,5H2,1H3,(H,14,15). The van der Waals surface area contributed by atoms with Gasteiger partial charge < -0.3 is 5.11 Å². The monoisotopic (exact) mass is 208 g/mol. The van der Waals surface area contributed by atoms with Crippen molar-refractivity contribution in [3.8, 4) is 0 Å². The lowest BCUT2D eigenvalue weighted by Crippen LogP contribution is -2.06. The number of fused-ring (bicyclic) bond motifs is 1. The first-order valence-electron chi connectivity index (χ1n) is 4.44. The molecule has 0 radical (unpaired) electrons. The van der Waals surface area contributed by atoms with Gasteiger partial charge >= 0.3 is 5.97 Å². The first kappa shape index (κ1) is 9.64. The predicted octanol–water partition coefficient (Wildman–Crippen LogP) is 1.41. The van der Waals surface area contributed by atoms with E-state index in [0.29, 0.717) is 11.2 Å². The maximum Gasteiger partial charge on any atom is 0.311 e. The highest BCUT2D eigenvalue weighted by atomic mass is 19.1. The van der Waals surface area contributed by atoms with Crippen LogP contribution in [0.25, 0.3) is 5.52 Å². The second kappa shape index (κ2) is 3.34. The Kier molecular flexibility index (Phi) is 2.15. The molecule has 2 aromatic heterocycles. The zero-order valence-electron chi connectivity index (χ0n) is 8.07. The Balaban J connectivity index is 2.70. The second-order valence-electron chi connectivity index (χ2n) is 3.25. The predicted molar refractivity (Wildman–Crippen MR) is 51.2 cm³/mol. The number of rotatable bonds is 2. The zero-order chi connectivity index (χ0) is 11.0. The van der Waals surface area contributed by atoms with E-state index in [1.54, 1.807) is 19.1 Å². The summed E-state index contributed by atoms with van der Waals surface area (Å²) in [5, 5.41) is 8.65. The van der Waals surface area contributed by atoms with E-state index in [1.807, 2.05) is 0 Å². The maximum absolute atomic E-state index is 13.4. The summed E-state index contributed by atoms with van der Waals surface area (Å²) in [6, 6.07) is 4.56. The number of pyridine rings is 1. The number of carbonyl (C=O) groups is 1. The van der Waals surface area contributed by atoms with Gasteiger partial charge in [0, 0.05) is 0 Å². The third-order valence-electron chi connectivity index (χ3n) is 2.18. The molecular formula is C10H9FN2O2. The number of carboxylic acids is 1. The first-order valence-corrected chi connectivity index (χ1v) is 4.44. The van der Waals surface area contributed by atoms with E-state index in [9.17, 15) is 9.18 Å². The molecule has 4 nitrogen and oxygen atoms in total. The number of carboxylic acid groups (broad SMARTS) is 1. The Morgan fingerprint density at radius 3 is 3.00 bits per heavy atom. The van der Waals surface area contributed by atoms with Crippen molar-refractivity contribution in [1.29, 1.82) is 0 Å². The summed E-state index contributed by atoms with van der Waals surface area (Å²) in [7, 11) is 0. The molecule has 0 saturated carbocycles. The summed E-state index contributed by atoms with van der Waals surface area (Å²) in [6.07, 6.45) is -0.282. The molecule has 0 saturated heterocycles. The van der Waals surface area contributed by atoms with Gasteiger partial charge in [0.2, 0.25) is 0 Å². The number of aliphatic carboxylic acids is 1. The number of imidazole rings is 1. The molecule has 0 aliphatic carbocycles. The van der Waals surface area contributed by atoms with Crippen molar-refractivity contribution in [3.63, 3.8) is 0 Å². The van der Waals surface area contributed by atoms with Crippen LogP contribution in [-0.2, 0) is 11.2 Å². The summed E-state index contributed by atoms with van der Waals surface area (Å²) < 4.78 is 14.7. The Labute approximate surface area is 85.0 Å². The van der Waals surface area contributed by atoms with Gasteiger partial charge in [0.05, 0.1) is 11.2 Å². The van der Waals surface area contributed by atoms with Gasteiger partial charge in [-0.25, -0.2) is 4.98 Å². The molecule has 0 spiro atoms. The minimum atomic E-state index is -1.02. The van der Waals surface area contributed by atoms with Gasteiger partial charge in [0.15, 0.2) is 5.95 Å².